The molecule has 0 aromatic heterocycles. The molecular formula is C14H16F3NO3. The molecular weight excluding hydrogens is 287 g/mol. The molecule has 2 N–H and O–H groups in total. The third-order valence-electron chi connectivity index (χ3n) is 3.15. The maximum atomic E-state index is 12.9. The molecule has 0 saturated carbocycles. The van der Waals surface area contributed by atoms with Crippen molar-refractivity contribution in [2.45, 2.75) is 38.2 Å². The van der Waals surface area contributed by atoms with Crippen LogP contribution in [0.15, 0.2) is 24.3 Å². The second kappa shape index (κ2) is 6.60. The first-order valence-electron chi connectivity index (χ1n) is 6.22. The molecule has 0 heterocycles. The van der Waals surface area contributed by atoms with Crippen LogP contribution in [0.4, 0.5) is 13.2 Å². The third-order valence-corrected chi connectivity index (χ3v) is 3.15. The number of carbonyl (C=O) groups excluding carboxylic acids is 1. The number of benzene rings is 1. The Bertz CT molecular complexity index is 515. The van der Waals surface area contributed by atoms with Crippen molar-refractivity contribution in [1.82, 2.24) is 5.32 Å². The van der Waals surface area contributed by atoms with Crippen LogP contribution in [0.2, 0.25) is 0 Å². The first-order valence-corrected chi connectivity index (χ1v) is 6.22. The van der Waals surface area contributed by atoms with Crippen LogP contribution in [0, 0.1) is 5.82 Å². The SMILES string of the molecule is CC(C)(C(=O)NC(CC(F)F)C(=O)O)c1ccc(F)cc1. The Labute approximate surface area is 120 Å². The number of aliphatic carboxylic acids is 1. The Balaban J connectivity index is 2.89. The lowest BCUT2D eigenvalue weighted by Crippen LogP contribution is -2.49. The van der Waals surface area contributed by atoms with Gasteiger partial charge in [0.15, 0.2) is 0 Å². The lowest BCUT2D eigenvalue weighted by Gasteiger charge is -2.26. The maximum Gasteiger partial charge on any atom is 0.326 e. The van der Waals surface area contributed by atoms with Gasteiger partial charge in [-0.1, -0.05) is 12.1 Å². The van der Waals surface area contributed by atoms with Gasteiger partial charge in [-0.2, -0.15) is 0 Å². The molecule has 0 bridgehead atoms. The molecule has 1 aromatic rings. The minimum atomic E-state index is -2.85. The monoisotopic (exact) mass is 303 g/mol. The molecule has 116 valence electrons. The van der Waals surface area contributed by atoms with E-state index in [0.29, 0.717) is 5.56 Å². The number of nitrogens with one attached hydrogen (secondary N) is 1. The van der Waals surface area contributed by atoms with Crippen molar-refractivity contribution in [2.24, 2.45) is 0 Å². The number of hydrogen-bond donors (Lipinski definition) is 2. The summed E-state index contributed by atoms with van der Waals surface area (Å²) in [5.41, 5.74) is -0.730. The Morgan fingerprint density at radius 1 is 1.24 bits per heavy atom. The Morgan fingerprint density at radius 3 is 2.19 bits per heavy atom. The van der Waals surface area contributed by atoms with Crippen LogP contribution in [0.5, 0.6) is 0 Å². The van der Waals surface area contributed by atoms with E-state index in [1.165, 1.54) is 26.0 Å². The molecule has 0 spiro atoms. The van der Waals surface area contributed by atoms with E-state index < -0.39 is 42.0 Å². The van der Waals surface area contributed by atoms with Crippen molar-refractivity contribution in [3.05, 3.63) is 35.6 Å². The highest BCUT2D eigenvalue weighted by atomic mass is 19.3. The van der Waals surface area contributed by atoms with Crippen molar-refractivity contribution >= 4 is 11.9 Å². The summed E-state index contributed by atoms with van der Waals surface area (Å²) in [7, 11) is 0. The van der Waals surface area contributed by atoms with Gasteiger partial charge < -0.3 is 10.4 Å². The predicted molar refractivity (Wildman–Crippen MR) is 69.6 cm³/mol. The quantitative estimate of drug-likeness (QED) is 0.847. The van der Waals surface area contributed by atoms with Gasteiger partial charge in [-0.3, -0.25) is 4.79 Å². The fourth-order valence-corrected chi connectivity index (χ4v) is 1.74. The van der Waals surface area contributed by atoms with E-state index >= 15 is 0 Å². The molecule has 0 aliphatic carbocycles. The summed E-state index contributed by atoms with van der Waals surface area (Å²) in [5, 5.41) is 10.9. The summed E-state index contributed by atoms with van der Waals surface area (Å²) in [5.74, 6) is -2.73. The summed E-state index contributed by atoms with van der Waals surface area (Å²) in [6, 6.07) is 3.43. The summed E-state index contributed by atoms with van der Waals surface area (Å²) in [6.45, 7) is 2.99. The Hall–Kier alpha value is -2.05. The van der Waals surface area contributed by atoms with E-state index in [4.69, 9.17) is 5.11 Å². The number of hydrogen-bond acceptors (Lipinski definition) is 2. The fraction of sp³-hybridized carbons (Fsp3) is 0.429. The number of carboxylic acids is 1. The van der Waals surface area contributed by atoms with E-state index in [1.807, 2.05) is 0 Å². The minimum absolute atomic E-state index is 0.447. The molecule has 0 radical (unpaired) electrons. The van der Waals surface area contributed by atoms with Gasteiger partial charge >= 0.3 is 5.97 Å². The molecule has 1 amide bonds. The number of alkyl halides is 2. The van der Waals surface area contributed by atoms with Gasteiger partial charge in [0.05, 0.1) is 5.41 Å². The average Bonchev–Trinajstić information content (AvgIpc) is 2.37. The zero-order valence-corrected chi connectivity index (χ0v) is 11.6. The van der Waals surface area contributed by atoms with Crippen LogP contribution < -0.4 is 5.32 Å². The Morgan fingerprint density at radius 2 is 1.76 bits per heavy atom. The maximum absolute atomic E-state index is 12.9. The van der Waals surface area contributed by atoms with Gasteiger partial charge in [-0.25, -0.2) is 18.0 Å². The van der Waals surface area contributed by atoms with Gasteiger partial charge in [-0.15, -0.1) is 0 Å². The normalized spacial score (nSPS) is 13.0. The topological polar surface area (TPSA) is 66.4 Å². The average molecular weight is 303 g/mol. The van der Waals surface area contributed by atoms with Crippen LogP contribution in [-0.2, 0) is 15.0 Å². The van der Waals surface area contributed by atoms with Crippen molar-refractivity contribution in [1.29, 1.82) is 0 Å². The standard InChI is InChI=1S/C14H16F3NO3/c1-14(2,8-3-5-9(15)6-4-8)13(21)18-10(12(19)20)7-11(16)17/h3-6,10-11H,7H2,1-2H3,(H,18,21)(H,19,20). The largest absolute Gasteiger partial charge is 0.480 e. The number of rotatable bonds is 6. The number of carbonyl (C=O) groups is 2. The minimum Gasteiger partial charge on any atom is -0.480 e. The molecule has 1 unspecified atom stereocenters. The van der Waals surface area contributed by atoms with Gasteiger partial charge in [0.2, 0.25) is 12.3 Å². The highest BCUT2D eigenvalue weighted by Crippen LogP contribution is 2.24. The molecule has 7 heteroatoms. The predicted octanol–water partition coefficient (Wildman–Crippen LogP) is 2.33. The lowest BCUT2D eigenvalue weighted by atomic mass is 9.83. The first-order chi connectivity index (χ1) is 9.64. The van der Waals surface area contributed by atoms with E-state index in [9.17, 15) is 22.8 Å². The van der Waals surface area contributed by atoms with Crippen LogP contribution in [-0.4, -0.2) is 29.5 Å². The second-order valence-electron chi connectivity index (χ2n) is 5.12. The van der Waals surface area contributed by atoms with E-state index in [0.717, 1.165) is 12.1 Å². The molecule has 0 saturated heterocycles. The van der Waals surface area contributed by atoms with E-state index in [-0.39, 0.29) is 0 Å². The molecule has 1 atom stereocenters. The molecule has 1 rings (SSSR count). The summed E-state index contributed by atoms with van der Waals surface area (Å²) in [4.78, 5) is 23.0. The van der Waals surface area contributed by atoms with Gasteiger partial charge in [-0.05, 0) is 31.5 Å². The molecule has 1 aromatic carbocycles. The van der Waals surface area contributed by atoms with Gasteiger partial charge in [0, 0.05) is 6.42 Å². The van der Waals surface area contributed by atoms with Crippen LogP contribution >= 0.6 is 0 Å². The summed E-state index contributed by atoms with van der Waals surface area (Å²) >= 11 is 0. The van der Waals surface area contributed by atoms with Crippen LogP contribution in [0.25, 0.3) is 0 Å². The molecule has 21 heavy (non-hydrogen) atoms. The van der Waals surface area contributed by atoms with Crippen molar-refractivity contribution < 1.29 is 27.9 Å². The number of halogens is 3. The molecule has 4 nitrogen and oxygen atoms in total. The Kier molecular flexibility index (Phi) is 5.34. The number of amides is 1. The zero-order chi connectivity index (χ0) is 16.2. The van der Waals surface area contributed by atoms with E-state index in [1.54, 1.807) is 0 Å². The van der Waals surface area contributed by atoms with Crippen molar-refractivity contribution in [2.75, 3.05) is 0 Å². The molecule has 0 fully saturated rings. The fourth-order valence-electron chi connectivity index (χ4n) is 1.74. The van der Waals surface area contributed by atoms with Crippen LogP contribution in [0.3, 0.4) is 0 Å². The number of carboxylic acid groups (broad SMARTS) is 1. The highest BCUT2D eigenvalue weighted by molar-refractivity contribution is 5.90. The smallest absolute Gasteiger partial charge is 0.326 e. The second-order valence-corrected chi connectivity index (χ2v) is 5.12. The first kappa shape index (κ1) is 17.0. The molecule has 0 aliphatic heterocycles. The van der Waals surface area contributed by atoms with Crippen molar-refractivity contribution in [3.63, 3.8) is 0 Å². The lowest BCUT2D eigenvalue weighted by molar-refractivity contribution is -0.143. The van der Waals surface area contributed by atoms with Gasteiger partial charge in [0.1, 0.15) is 11.9 Å². The third kappa shape index (κ3) is 4.47. The van der Waals surface area contributed by atoms with Crippen LogP contribution in [0.1, 0.15) is 25.8 Å². The van der Waals surface area contributed by atoms with Crippen molar-refractivity contribution in [3.8, 4) is 0 Å². The highest BCUT2D eigenvalue weighted by Gasteiger charge is 2.33. The summed E-state index contributed by atoms with van der Waals surface area (Å²) < 4.78 is 37.5. The zero-order valence-electron chi connectivity index (χ0n) is 11.6. The van der Waals surface area contributed by atoms with E-state index in [2.05, 4.69) is 5.32 Å². The van der Waals surface area contributed by atoms with Gasteiger partial charge in [0.25, 0.3) is 0 Å². The molecule has 0 aliphatic rings. The summed E-state index contributed by atoms with van der Waals surface area (Å²) in [6.07, 6.45) is -3.82.